The van der Waals surface area contributed by atoms with E-state index >= 15 is 0 Å². The topological polar surface area (TPSA) is 345 Å². The molecule has 688 valence electrons. The van der Waals surface area contributed by atoms with Crippen LogP contribution < -0.4 is 0 Å². The van der Waals surface area contributed by atoms with E-state index in [1.807, 2.05) is 93.5 Å². The van der Waals surface area contributed by atoms with Crippen molar-refractivity contribution < 1.29 is 103 Å². The van der Waals surface area contributed by atoms with Crippen LogP contribution in [0.1, 0.15) is 252 Å². The zero-order chi connectivity index (χ0) is 91.3. The highest BCUT2D eigenvalue weighted by Gasteiger charge is 2.85. The molecule has 4 aliphatic heterocycles. The van der Waals surface area contributed by atoms with Crippen LogP contribution in [0, 0.1) is 111 Å². The number of ether oxygens (including phenoxy) is 5. The second kappa shape index (κ2) is 45.7. The number of carboxylic acids is 1. The van der Waals surface area contributed by atoms with Crippen LogP contribution in [0.4, 0.5) is 0 Å². The predicted octanol–water partition coefficient (Wildman–Crippen LogP) is 16.8. The van der Waals surface area contributed by atoms with Crippen LogP contribution in [0.3, 0.4) is 0 Å². The molecule has 0 amide bonds. The Labute approximate surface area is 738 Å². The molecule has 0 radical (unpaired) electrons. The van der Waals surface area contributed by atoms with Crippen molar-refractivity contribution in [1.29, 1.82) is 0 Å². The average molecular weight is 1720 g/mol. The fourth-order valence-electron chi connectivity index (χ4n) is 23.3. The van der Waals surface area contributed by atoms with Crippen LogP contribution in [-0.4, -0.2) is 160 Å². The highest BCUT2D eigenvalue weighted by Crippen LogP contribution is 2.76. The molecule has 0 aromatic rings. The molecular formula is C103H150O21. The first kappa shape index (κ1) is 102. The van der Waals surface area contributed by atoms with E-state index in [0.29, 0.717) is 25.7 Å². The van der Waals surface area contributed by atoms with Crippen LogP contribution in [0.25, 0.3) is 0 Å². The van der Waals surface area contributed by atoms with Gasteiger partial charge in [0, 0.05) is 78.9 Å². The van der Waals surface area contributed by atoms with Gasteiger partial charge in [0.15, 0.2) is 29.2 Å². The number of aliphatic carboxylic acids is 1. The van der Waals surface area contributed by atoms with Gasteiger partial charge in [-0.25, -0.2) is 0 Å². The van der Waals surface area contributed by atoms with Crippen LogP contribution >= 0.6 is 0 Å². The second-order valence-electron chi connectivity index (χ2n) is 38.6. The summed E-state index contributed by atoms with van der Waals surface area (Å²) in [5, 5.41) is 90.1. The third-order valence-corrected chi connectivity index (χ3v) is 29.7. The van der Waals surface area contributed by atoms with Gasteiger partial charge in [0.25, 0.3) is 0 Å². The number of hydrogen-bond donors (Lipinski definition) is 8. The smallest absolute Gasteiger partial charge is 0.309 e. The molecule has 23 atom stereocenters. The van der Waals surface area contributed by atoms with Crippen LogP contribution in [0.2, 0.25) is 0 Å². The number of esters is 3. The summed E-state index contributed by atoms with van der Waals surface area (Å²) in [6.45, 7) is 28.3. The average Bonchev–Trinajstić information content (AvgIpc) is 1.43. The first-order valence-electron chi connectivity index (χ1n) is 46.4. The normalized spacial score (nSPS) is 34.6. The van der Waals surface area contributed by atoms with Gasteiger partial charge in [0.05, 0.1) is 36.3 Å². The lowest BCUT2D eigenvalue weighted by molar-refractivity contribution is -0.344. The van der Waals surface area contributed by atoms with Crippen LogP contribution in [-0.2, 0) is 62.0 Å². The zero-order valence-corrected chi connectivity index (χ0v) is 76.7. The molecule has 9 fully saturated rings. The minimum absolute atomic E-state index is 0.0162. The number of carboxylic acid groups (broad SMARTS) is 1. The van der Waals surface area contributed by atoms with Gasteiger partial charge in [0.1, 0.15) is 42.1 Å². The summed E-state index contributed by atoms with van der Waals surface area (Å²) >= 11 is 0. The third kappa shape index (κ3) is 22.6. The fourth-order valence-corrected chi connectivity index (χ4v) is 23.3. The number of aliphatic hydroxyl groups is 7. The van der Waals surface area contributed by atoms with Gasteiger partial charge in [-0.15, -0.1) is 0 Å². The Morgan fingerprint density at radius 3 is 1.29 bits per heavy atom. The lowest BCUT2D eigenvalue weighted by atomic mass is 9.36. The molecule has 7 unspecified atom stereocenters. The predicted molar refractivity (Wildman–Crippen MR) is 479 cm³/mol. The van der Waals surface area contributed by atoms with E-state index in [-0.39, 0.29) is 117 Å². The molecule has 124 heavy (non-hydrogen) atoms. The van der Waals surface area contributed by atoms with Gasteiger partial charge in [-0.3, -0.25) is 38.4 Å². The summed E-state index contributed by atoms with van der Waals surface area (Å²) in [6, 6.07) is 0. The fraction of sp³-hybridized carbons (Fsp3) is 0.670. The number of hydrogen-bond acceptors (Lipinski definition) is 20. The summed E-state index contributed by atoms with van der Waals surface area (Å²) in [6.07, 6.45) is 58.7. The van der Waals surface area contributed by atoms with Gasteiger partial charge in [-0.2, -0.15) is 0 Å². The monoisotopic (exact) mass is 1720 g/mol. The number of aliphatic hydroxyl groups excluding tert-OH is 3. The minimum Gasteiger partial charge on any atom is -0.481 e. The quantitative estimate of drug-likeness (QED) is 0.0160. The Morgan fingerprint density at radius 2 is 0.887 bits per heavy atom. The number of rotatable bonds is 41. The number of Topliss-reactive ketones (excluding diaryl/α,β-unsaturated/α-hetero) is 3. The number of carbonyl (C=O) groups is 8. The molecule has 4 saturated heterocycles. The van der Waals surface area contributed by atoms with Gasteiger partial charge in [0.2, 0.25) is 0 Å². The Hall–Kier alpha value is -7.18. The van der Waals surface area contributed by atoms with E-state index < -0.39 is 159 Å². The lowest BCUT2D eigenvalue weighted by Crippen LogP contribution is -2.78. The van der Waals surface area contributed by atoms with E-state index in [9.17, 15) is 74.1 Å². The van der Waals surface area contributed by atoms with Crippen molar-refractivity contribution in [2.75, 3.05) is 13.2 Å². The molecular weight excluding hydrogens is 1570 g/mol. The molecule has 4 bridgehead atoms. The van der Waals surface area contributed by atoms with Crippen LogP contribution in [0.15, 0.2) is 157 Å². The second-order valence-corrected chi connectivity index (χ2v) is 38.6. The molecule has 5 saturated carbocycles. The van der Waals surface area contributed by atoms with E-state index in [1.165, 1.54) is 6.08 Å². The van der Waals surface area contributed by atoms with Crippen LogP contribution in [0.5, 0.6) is 0 Å². The van der Waals surface area contributed by atoms with Crippen molar-refractivity contribution in [2.45, 2.75) is 311 Å². The van der Waals surface area contributed by atoms with E-state index in [4.69, 9.17) is 28.8 Å². The summed E-state index contributed by atoms with van der Waals surface area (Å²) in [5.74, 6) is -16.3. The maximum absolute atomic E-state index is 14.1. The molecule has 6 aliphatic carbocycles. The molecule has 21 nitrogen and oxygen atoms in total. The molecule has 0 aromatic heterocycles. The minimum atomic E-state index is -2.12. The Balaban J connectivity index is 0.000000260. The molecule has 21 heteroatoms. The number of ketones is 4. The summed E-state index contributed by atoms with van der Waals surface area (Å²) in [7, 11) is 0. The molecule has 2 spiro atoms. The summed E-state index contributed by atoms with van der Waals surface area (Å²) in [4.78, 5) is 106. The van der Waals surface area contributed by atoms with E-state index in [0.717, 1.165) is 82.6 Å². The third-order valence-electron chi connectivity index (χ3n) is 29.7. The molecule has 10 aliphatic rings. The number of carbonyl (C=O) groups excluding carboxylic acids is 7. The Kier molecular flexibility index (Phi) is 37.7. The van der Waals surface area contributed by atoms with Crippen molar-refractivity contribution >= 4 is 47.0 Å². The zero-order valence-electron chi connectivity index (χ0n) is 76.7. The summed E-state index contributed by atoms with van der Waals surface area (Å²) in [5.41, 5.74) is -5.00. The van der Waals surface area contributed by atoms with Crippen molar-refractivity contribution in [3.63, 3.8) is 0 Å². The van der Waals surface area contributed by atoms with Crippen molar-refractivity contribution in [3.8, 4) is 0 Å². The van der Waals surface area contributed by atoms with Gasteiger partial charge in [-0.1, -0.05) is 248 Å². The molecule has 0 aromatic carbocycles. The van der Waals surface area contributed by atoms with E-state index in [2.05, 4.69) is 135 Å². The molecule has 4 heterocycles. The first-order valence-corrected chi connectivity index (χ1v) is 46.4. The maximum atomic E-state index is 14.1. The maximum Gasteiger partial charge on any atom is 0.309 e. The molecule has 8 N–H and O–H groups in total. The molecule has 10 rings (SSSR count). The van der Waals surface area contributed by atoms with Crippen molar-refractivity contribution in [2.24, 2.45) is 111 Å². The van der Waals surface area contributed by atoms with Crippen molar-refractivity contribution in [1.82, 2.24) is 0 Å². The van der Waals surface area contributed by atoms with Gasteiger partial charge in [-0.05, 0) is 181 Å². The highest BCUT2D eigenvalue weighted by molar-refractivity contribution is 5.95. The van der Waals surface area contributed by atoms with Gasteiger partial charge >= 0.3 is 23.9 Å². The largest absolute Gasteiger partial charge is 0.481 e. The lowest BCUT2D eigenvalue weighted by Gasteiger charge is -2.69. The standard InChI is InChI=1S/C52H76O10.C29H42O9.C22H32O2/c1-9-10-11-12-13-14-15-16-17-18-19-20-21-22-23-24-25-26-27-28-43(55)62-46-41(54)29-36(6)40-31-42-50-33-60-52(59,48(50)49(40,46)8)45(56)37(7)44(50)39(47(57)61-42)30-38(53)32-51(58,34(2)3)35(4)5;1-12(2)28(35,13(3)4)10-16(30)8-18-22-15(6)25(33)29(36)24-21-17(14(5)7-19(31)23(21)32)9-20(38-26(18)34)27(22,24)11-37-29;1-2-3-4-5-6-7-8-9-10-11-12-13-14-15-16-17-18-19-20-21-22(23)24/h10-11,13-14,16-17,19-20,22-23,25-26,34-37,39-40,42,44-46,48,56,58-59H,9,12,15,18,21,24,27-33H2,1-8H3;7,12-13,15,17-18,20-25,32-33,35-36H,8-11H2,1-6H3;3-4,6-7,9-10,12-13,15-16,18-19H,2,5,8,11,14,17,20-21H2,1H3,(H,23,24)/b11-10-,14-13-,17-16-,20-19-,23-22-,26-25-;;4-3-,7-6-,10-9-,13-12-,16-15-,19-18-/t36?,37-,39?,40+,42-,44?,45-,46-,48?,49-,50+,52+;15-,17+,18?,20-,21-,22?,23-,24?,25-,27+,29-;/m11./s1. The van der Waals surface area contributed by atoms with Crippen molar-refractivity contribution in [3.05, 3.63) is 157 Å². The Bertz CT molecular complexity index is 4030. The highest BCUT2D eigenvalue weighted by atomic mass is 16.7. The number of allylic oxidation sites excluding steroid dienone is 25. The first-order chi connectivity index (χ1) is 58.8. The van der Waals surface area contributed by atoms with Gasteiger partial charge < -0.3 is 64.5 Å². The summed E-state index contributed by atoms with van der Waals surface area (Å²) < 4.78 is 30.8. The Morgan fingerprint density at radius 1 is 0.524 bits per heavy atom. The SMILES string of the molecule is CC/C=C\C/C=C\C/C=C\C/C=C\C/C=C\C/C=C\CCC(=O)O.CC/C=C\C/C=C\C/C=C\C/C=C\C/C=C\C/C=C\CCC(=O)O[C@@H]1C(=O)CC(C)[C@@H]2C[C@H]3OC(=O)C(CC(=O)CC(O)(C(C)C)C(C)C)C4[C@@H](C)[C@@H](O)[C@]5(O)OC[C@@]43C5[C@@]12C.CC1=CC(=O)[C@@H](O)[C@@H]2C3[C@]45CO[C@@]3(O)[C@H](O)[C@H](C)C4C(CC(=O)CC(O)(C(C)C)C(C)C)C(=O)O[C@@H]5C[C@@H]12. The number of fused-ring (bicyclic) bond motifs is 2. The van der Waals surface area contributed by atoms with E-state index in [1.54, 1.807) is 20.8 Å².